The summed E-state index contributed by atoms with van der Waals surface area (Å²) in [4.78, 5) is 13.8. The van der Waals surface area contributed by atoms with Crippen LogP contribution in [-0.4, -0.2) is 43.3 Å². The fourth-order valence-corrected chi connectivity index (χ4v) is 2.72. The van der Waals surface area contributed by atoms with Crippen LogP contribution in [0.5, 0.6) is 0 Å². The highest BCUT2D eigenvalue weighted by atomic mass is 16.5. The van der Waals surface area contributed by atoms with Gasteiger partial charge < -0.3 is 10.1 Å². The molecule has 1 aliphatic carbocycles. The zero-order chi connectivity index (χ0) is 12.4. The number of carbonyl (C=O) groups is 1. The van der Waals surface area contributed by atoms with Crippen LogP contribution in [0.2, 0.25) is 0 Å². The Morgan fingerprint density at radius 1 is 1.35 bits per heavy atom. The fraction of sp³-hybridized carbons (Fsp3) is 0.923. The van der Waals surface area contributed by atoms with Gasteiger partial charge in [0.1, 0.15) is 0 Å². The summed E-state index contributed by atoms with van der Waals surface area (Å²) in [5, 5.41) is 2.96. The Hall–Kier alpha value is -0.770. The van der Waals surface area contributed by atoms with Crippen molar-refractivity contribution in [2.45, 2.75) is 45.2 Å². The Morgan fingerprint density at radius 2 is 2.06 bits per heavy atom. The largest absolute Gasteiger partial charge is 0.453 e. The quantitative estimate of drug-likeness (QED) is 0.818. The van der Waals surface area contributed by atoms with Crippen LogP contribution in [0, 0.1) is 11.8 Å². The van der Waals surface area contributed by atoms with Crippen molar-refractivity contribution in [1.82, 2.24) is 10.2 Å². The van der Waals surface area contributed by atoms with E-state index in [1.165, 1.54) is 26.5 Å². The minimum absolute atomic E-state index is 0.254. The Bertz CT molecular complexity index is 267. The number of hydrogen-bond acceptors (Lipinski definition) is 3. The Kier molecular flexibility index (Phi) is 3.92. The van der Waals surface area contributed by atoms with Crippen molar-refractivity contribution in [2.75, 3.05) is 20.2 Å². The van der Waals surface area contributed by atoms with E-state index in [9.17, 15) is 4.79 Å². The SMILES string of the molecule is COC(=O)NC1CC(C(C)C)CN(C2CC2)C1. The van der Waals surface area contributed by atoms with Gasteiger partial charge in [0.2, 0.25) is 0 Å². The highest BCUT2D eigenvalue weighted by Crippen LogP contribution is 2.33. The van der Waals surface area contributed by atoms with Crippen LogP contribution in [-0.2, 0) is 4.74 Å². The first-order valence-electron chi connectivity index (χ1n) is 6.68. The van der Waals surface area contributed by atoms with Crippen molar-refractivity contribution >= 4 is 6.09 Å². The molecule has 17 heavy (non-hydrogen) atoms. The Balaban J connectivity index is 1.93. The Labute approximate surface area is 104 Å². The summed E-state index contributed by atoms with van der Waals surface area (Å²) in [5.74, 6) is 1.37. The maximum absolute atomic E-state index is 11.3. The molecule has 1 amide bonds. The molecule has 1 N–H and O–H groups in total. The predicted molar refractivity (Wildman–Crippen MR) is 66.9 cm³/mol. The molecule has 2 unspecified atom stereocenters. The van der Waals surface area contributed by atoms with E-state index in [1.807, 2.05) is 0 Å². The molecule has 2 fully saturated rings. The van der Waals surface area contributed by atoms with Crippen LogP contribution < -0.4 is 5.32 Å². The second-order valence-electron chi connectivity index (χ2n) is 5.76. The topological polar surface area (TPSA) is 41.6 Å². The standard InChI is InChI=1S/C13H24N2O2/c1-9(2)10-6-11(14-13(16)17-3)8-15(7-10)12-4-5-12/h9-12H,4-8H2,1-3H3,(H,14,16). The predicted octanol–water partition coefficient (Wildman–Crippen LogP) is 1.85. The molecular weight excluding hydrogens is 216 g/mol. The number of likely N-dealkylation sites (tertiary alicyclic amines) is 1. The number of rotatable bonds is 3. The van der Waals surface area contributed by atoms with Gasteiger partial charge >= 0.3 is 6.09 Å². The first-order valence-corrected chi connectivity index (χ1v) is 6.68. The van der Waals surface area contributed by atoms with E-state index in [0.29, 0.717) is 11.8 Å². The van der Waals surface area contributed by atoms with Gasteiger partial charge in [0.25, 0.3) is 0 Å². The summed E-state index contributed by atoms with van der Waals surface area (Å²) in [5.41, 5.74) is 0. The molecular formula is C13H24N2O2. The van der Waals surface area contributed by atoms with Crippen molar-refractivity contribution in [3.63, 3.8) is 0 Å². The normalized spacial score (nSPS) is 30.4. The van der Waals surface area contributed by atoms with Gasteiger partial charge in [0.05, 0.1) is 7.11 Å². The summed E-state index contributed by atoms with van der Waals surface area (Å²) in [7, 11) is 1.43. The highest BCUT2D eigenvalue weighted by molar-refractivity contribution is 5.67. The smallest absolute Gasteiger partial charge is 0.407 e. The second kappa shape index (κ2) is 5.25. The third kappa shape index (κ3) is 3.35. The lowest BCUT2D eigenvalue weighted by atomic mass is 9.85. The van der Waals surface area contributed by atoms with E-state index >= 15 is 0 Å². The maximum Gasteiger partial charge on any atom is 0.407 e. The summed E-state index contributed by atoms with van der Waals surface area (Å²) in [6, 6.07) is 1.03. The first kappa shape index (κ1) is 12.7. The molecule has 0 bridgehead atoms. The number of nitrogens with one attached hydrogen (secondary N) is 1. The summed E-state index contributed by atoms with van der Waals surface area (Å²) in [6.07, 6.45) is 3.44. The molecule has 0 aromatic carbocycles. The van der Waals surface area contributed by atoms with E-state index in [1.54, 1.807) is 0 Å². The summed E-state index contributed by atoms with van der Waals surface area (Å²) in [6.45, 7) is 6.73. The van der Waals surface area contributed by atoms with Gasteiger partial charge in [-0.1, -0.05) is 13.8 Å². The van der Waals surface area contributed by atoms with Gasteiger partial charge in [-0.05, 0) is 31.1 Å². The first-order chi connectivity index (χ1) is 8.10. The molecule has 2 rings (SSSR count). The minimum atomic E-state index is -0.296. The summed E-state index contributed by atoms with van der Waals surface area (Å²) < 4.78 is 4.69. The van der Waals surface area contributed by atoms with E-state index in [4.69, 9.17) is 4.74 Å². The molecule has 0 aromatic heterocycles. The maximum atomic E-state index is 11.3. The zero-order valence-corrected chi connectivity index (χ0v) is 11.1. The monoisotopic (exact) mass is 240 g/mol. The molecule has 0 aromatic rings. The van der Waals surface area contributed by atoms with E-state index in [-0.39, 0.29) is 12.1 Å². The highest BCUT2D eigenvalue weighted by Gasteiger charge is 2.37. The van der Waals surface area contributed by atoms with E-state index in [2.05, 4.69) is 24.1 Å². The molecule has 2 aliphatic rings. The van der Waals surface area contributed by atoms with Crippen LogP contribution in [0.3, 0.4) is 0 Å². The molecule has 98 valence electrons. The molecule has 2 atom stereocenters. The van der Waals surface area contributed by atoms with Gasteiger partial charge in [-0.25, -0.2) is 4.79 Å². The third-order valence-electron chi connectivity index (χ3n) is 4.02. The number of ether oxygens (including phenoxy) is 1. The lowest BCUT2D eigenvalue weighted by Gasteiger charge is -2.39. The van der Waals surface area contributed by atoms with Gasteiger partial charge in [-0.3, -0.25) is 4.90 Å². The molecule has 4 heteroatoms. The fourth-order valence-electron chi connectivity index (χ4n) is 2.72. The average Bonchev–Trinajstić information content (AvgIpc) is 3.12. The minimum Gasteiger partial charge on any atom is -0.453 e. The molecule has 1 heterocycles. The number of amides is 1. The van der Waals surface area contributed by atoms with Crippen molar-refractivity contribution < 1.29 is 9.53 Å². The van der Waals surface area contributed by atoms with Crippen molar-refractivity contribution in [3.05, 3.63) is 0 Å². The zero-order valence-electron chi connectivity index (χ0n) is 11.1. The number of methoxy groups -OCH3 is 1. The number of alkyl carbamates (subject to hydrolysis) is 1. The van der Waals surface area contributed by atoms with E-state index in [0.717, 1.165) is 19.0 Å². The number of piperidine rings is 1. The summed E-state index contributed by atoms with van der Waals surface area (Å²) >= 11 is 0. The number of nitrogens with zero attached hydrogens (tertiary/aromatic N) is 1. The molecule has 4 nitrogen and oxygen atoms in total. The van der Waals surface area contributed by atoms with Gasteiger partial charge in [0.15, 0.2) is 0 Å². The lowest BCUT2D eigenvalue weighted by Crippen LogP contribution is -2.52. The second-order valence-corrected chi connectivity index (χ2v) is 5.76. The molecule has 1 saturated heterocycles. The third-order valence-corrected chi connectivity index (χ3v) is 4.02. The van der Waals surface area contributed by atoms with Crippen molar-refractivity contribution in [3.8, 4) is 0 Å². The lowest BCUT2D eigenvalue weighted by molar-refractivity contribution is 0.102. The van der Waals surface area contributed by atoms with Gasteiger partial charge in [0, 0.05) is 25.2 Å². The average molecular weight is 240 g/mol. The van der Waals surface area contributed by atoms with Crippen LogP contribution in [0.15, 0.2) is 0 Å². The Morgan fingerprint density at radius 3 is 2.59 bits per heavy atom. The van der Waals surface area contributed by atoms with Gasteiger partial charge in [-0.2, -0.15) is 0 Å². The number of hydrogen-bond donors (Lipinski definition) is 1. The van der Waals surface area contributed by atoms with Crippen molar-refractivity contribution in [2.24, 2.45) is 11.8 Å². The van der Waals surface area contributed by atoms with Crippen LogP contribution in [0.4, 0.5) is 4.79 Å². The van der Waals surface area contributed by atoms with E-state index < -0.39 is 0 Å². The molecule has 0 radical (unpaired) electrons. The number of carbonyl (C=O) groups excluding carboxylic acids is 1. The molecule has 1 aliphatic heterocycles. The molecule has 0 spiro atoms. The van der Waals surface area contributed by atoms with Crippen LogP contribution >= 0.6 is 0 Å². The van der Waals surface area contributed by atoms with Crippen LogP contribution in [0.25, 0.3) is 0 Å². The van der Waals surface area contributed by atoms with Crippen molar-refractivity contribution in [1.29, 1.82) is 0 Å². The van der Waals surface area contributed by atoms with Gasteiger partial charge in [-0.15, -0.1) is 0 Å². The van der Waals surface area contributed by atoms with Crippen LogP contribution in [0.1, 0.15) is 33.1 Å². The molecule has 1 saturated carbocycles.